The second-order valence-corrected chi connectivity index (χ2v) is 5.73. The number of hydrogen-bond acceptors (Lipinski definition) is 2. The summed E-state index contributed by atoms with van der Waals surface area (Å²) in [7, 11) is 0. The van der Waals surface area contributed by atoms with E-state index in [9.17, 15) is 4.79 Å². The minimum absolute atomic E-state index is 0.0448. The van der Waals surface area contributed by atoms with Crippen LogP contribution in [-0.4, -0.2) is 18.0 Å². The normalized spacial score (nSPS) is 21.2. The molecule has 0 saturated carbocycles. The average molecular weight is 280 g/mol. The smallest absolute Gasteiger partial charge is 0.244 e. The topological polar surface area (TPSA) is 41.1 Å². The van der Waals surface area contributed by atoms with Gasteiger partial charge in [-0.25, -0.2) is 0 Å². The maximum atomic E-state index is 12.5. The minimum atomic E-state index is -0.455. The average Bonchev–Trinajstić information content (AvgIpc) is 2.97. The molecule has 1 aliphatic rings. The van der Waals surface area contributed by atoms with Gasteiger partial charge in [-0.2, -0.15) is 0 Å². The van der Waals surface area contributed by atoms with Crippen molar-refractivity contribution in [3.05, 3.63) is 54.6 Å². The fraction of sp³-hybridized carbons (Fsp3) is 0.278. The summed E-state index contributed by atoms with van der Waals surface area (Å²) in [6, 6.07) is 18.1. The lowest BCUT2D eigenvalue weighted by molar-refractivity contribution is -0.121. The molecule has 0 spiro atoms. The van der Waals surface area contributed by atoms with Crippen LogP contribution in [0.1, 0.15) is 19.8 Å². The summed E-state index contributed by atoms with van der Waals surface area (Å²) in [5.74, 6) is 0.0448. The third-order valence-electron chi connectivity index (χ3n) is 4.13. The second kappa shape index (κ2) is 5.70. The molecule has 0 unspecified atom stereocenters. The van der Waals surface area contributed by atoms with Crippen LogP contribution in [0.2, 0.25) is 0 Å². The molecule has 1 atom stereocenters. The minimum Gasteiger partial charge on any atom is -0.324 e. The van der Waals surface area contributed by atoms with Gasteiger partial charge in [0.25, 0.3) is 0 Å². The zero-order valence-corrected chi connectivity index (χ0v) is 12.2. The zero-order chi connectivity index (χ0) is 14.7. The van der Waals surface area contributed by atoms with Crippen LogP contribution >= 0.6 is 0 Å². The Hall–Kier alpha value is -2.13. The van der Waals surface area contributed by atoms with Gasteiger partial charge in [0, 0.05) is 11.3 Å². The Morgan fingerprint density at radius 3 is 2.52 bits per heavy atom. The first-order valence-corrected chi connectivity index (χ1v) is 7.40. The Morgan fingerprint density at radius 2 is 1.81 bits per heavy atom. The Morgan fingerprint density at radius 1 is 1.10 bits per heavy atom. The molecule has 1 aliphatic heterocycles. The fourth-order valence-electron chi connectivity index (χ4n) is 2.81. The molecule has 0 aromatic heterocycles. The third-order valence-corrected chi connectivity index (χ3v) is 4.13. The van der Waals surface area contributed by atoms with E-state index in [0.717, 1.165) is 36.2 Å². The van der Waals surface area contributed by atoms with E-state index in [4.69, 9.17) is 0 Å². The molecule has 1 saturated heterocycles. The number of hydrogen-bond donors (Lipinski definition) is 2. The highest BCUT2D eigenvalue weighted by Crippen LogP contribution is 2.29. The van der Waals surface area contributed by atoms with E-state index in [0.29, 0.717) is 0 Å². The monoisotopic (exact) mass is 280 g/mol. The molecule has 3 heteroatoms. The zero-order valence-electron chi connectivity index (χ0n) is 12.2. The van der Waals surface area contributed by atoms with Gasteiger partial charge in [0.2, 0.25) is 5.91 Å². The van der Waals surface area contributed by atoms with Crippen LogP contribution in [0.15, 0.2) is 54.6 Å². The van der Waals surface area contributed by atoms with Gasteiger partial charge in [-0.05, 0) is 37.9 Å². The van der Waals surface area contributed by atoms with Crippen molar-refractivity contribution >= 4 is 11.6 Å². The van der Waals surface area contributed by atoms with Crippen molar-refractivity contribution in [2.45, 2.75) is 25.3 Å². The van der Waals surface area contributed by atoms with E-state index in [1.54, 1.807) is 0 Å². The van der Waals surface area contributed by atoms with Crippen LogP contribution in [0.4, 0.5) is 5.69 Å². The van der Waals surface area contributed by atoms with E-state index in [1.165, 1.54) is 0 Å². The van der Waals surface area contributed by atoms with Crippen LogP contribution < -0.4 is 10.6 Å². The Balaban J connectivity index is 1.88. The molecule has 3 nitrogen and oxygen atoms in total. The molecule has 2 N–H and O–H groups in total. The van der Waals surface area contributed by atoms with Gasteiger partial charge in [0.1, 0.15) is 0 Å². The Bertz CT molecular complexity index is 631. The molecule has 0 bridgehead atoms. The summed E-state index contributed by atoms with van der Waals surface area (Å²) in [4.78, 5) is 12.5. The number of rotatable bonds is 3. The molecular formula is C18H20N2O. The lowest BCUT2D eigenvalue weighted by atomic mass is 9.98. The number of carbonyl (C=O) groups is 1. The standard InChI is InChI=1S/C18H20N2O/c1-18(12-7-13-19-18)17(21)20-16-11-6-5-10-15(16)14-8-3-2-4-9-14/h2-6,8-11,19H,7,12-13H2,1H3,(H,20,21)/t18-/m0/s1. The SMILES string of the molecule is C[C@@]1(C(=O)Nc2ccccc2-c2ccccc2)CCCN1. The van der Waals surface area contributed by atoms with Crippen molar-refractivity contribution in [1.29, 1.82) is 0 Å². The Labute approximate surface area is 125 Å². The summed E-state index contributed by atoms with van der Waals surface area (Å²) >= 11 is 0. The first kappa shape index (κ1) is 13.8. The highest BCUT2D eigenvalue weighted by atomic mass is 16.2. The van der Waals surface area contributed by atoms with Crippen molar-refractivity contribution in [3.8, 4) is 11.1 Å². The van der Waals surface area contributed by atoms with Crippen LogP contribution in [-0.2, 0) is 4.79 Å². The summed E-state index contributed by atoms with van der Waals surface area (Å²) in [6.45, 7) is 2.88. The molecule has 1 amide bonds. The van der Waals surface area contributed by atoms with E-state index < -0.39 is 5.54 Å². The second-order valence-electron chi connectivity index (χ2n) is 5.73. The van der Waals surface area contributed by atoms with E-state index in [2.05, 4.69) is 22.8 Å². The molecule has 3 rings (SSSR count). The number of para-hydroxylation sites is 1. The molecule has 108 valence electrons. The Kier molecular flexibility index (Phi) is 3.76. The molecule has 1 fully saturated rings. The molecule has 21 heavy (non-hydrogen) atoms. The quantitative estimate of drug-likeness (QED) is 0.904. The highest BCUT2D eigenvalue weighted by molar-refractivity contribution is 6.01. The third kappa shape index (κ3) is 2.83. The maximum Gasteiger partial charge on any atom is 0.244 e. The summed E-state index contributed by atoms with van der Waals surface area (Å²) in [5, 5.41) is 6.39. The van der Waals surface area contributed by atoms with E-state index >= 15 is 0 Å². The number of nitrogens with one attached hydrogen (secondary N) is 2. The number of anilines is 1. The molecule has 2 aromatic rings. The van der Waals surface area contributed by atoms with Gasteiger partial charge < -0.3 is 10.6 Å². The number of amides is 1. The summed E-state index contributed by atoms with van der Waals surface area (Å²) in [5.41, 5.74) is 2.57. The van der Waals surface area contributed by atoms with Crippen molar-refractivity contribution in [2.24, 2.45) is 0 Å². The largest absolute Gasteiger partial charge is 0.324 e. The van der Waals surface area contributed by atoms with Crippen molar-refractivity contribution < 1.29 is 4.79 Å². The molecular weight excluding hydrogens is 260 g/mol. The van der Waals surface area contributed by atoms with E-state index in [1.807, 2.05) is 49.4 Å². The first-order valence-electron chi connectivity index (χ1n) is 7.40. The van der Waals surface area contributed by atoms with Gasteiger partial charge in [0.15, 0.2) is 0 Å². The van der Waals surface area contributed by atoms with Crippen molar-refractivity contribution in [3.63, 3.8) is 0 Å². The molecule has 2 aromatic carbocycles. The lowest BCUT2D eigenvalue weighted by Gasteiger charge is -2.24. The van der Waals surface area contributed by atoms with E-state index in [-0.39, 0.29) is 5.91 Å². The first-order chi connectivity index (χ1) is 10.2. The van der Waals surface area contributed by atoms with Crippen LogP contribution in [0.3, 0.4) is 0 Å². The van der Waals surface area contributed by atoms with Crippen molar-refractivity contribution in [1.82, 2.24) is 5.32 Å². The summed E-state index contributed by atoms with van der Waals surface area (Å²) in [6.07, 6.45) is 1.93. The van der Waals surface area contributed by atoms with Crippen LogP contribution in [0.25, 0.3) is 11.1 Å². The van der Waals surface area contributed by atoms with Gasteiger partial charge >= 0.3 is 0 Å². The molecule has 1 heterocycles. The fourth-order valence-corrected chi connectivity index (χ4v) is 2.81. The highest BCUT2D eigenvalue weighted by Gasteiger charge is 2.36. The summed E-state index contributed by atoms with van der Waals surface area (Å²) < 4.78 is 0. The molecule has 0 radical (unpaired) electrons. The predicted octanol–water partition coefficient (Wildman–Crippen LogP) is 3.43. The van der Waals surface area contributed by atoms with Gasteiger partial charge in [-0.1, -0.05) is 48.5 Å². The van der Waals surface area contributed by atoms with Gasteiger partial charge in [-0.3, -0.25) is 4.79 Å². The van der Waals surface area contributed by atoms with Crippen LogP contribution in [0.5, 0.6) is 0 Å². The van der Waals surface area contributed by atoms with Crippen molar-refractivity contribution in [2.75, 3.05) is 11.9 Å². The molecule has 0 aliphatic carbocycles. The van der Waals surface area contributed by atoms with Gasteiger partial charge in [-0.15, -0.1) is 0 Å². The maximum absolute atomic E-state index is 12.5. The van der Waals surface area contributed by atoms with Crippen LogP contribution in [0, 0.1) is 0 Å². The predicted molar refractivity (Wildman–Crippen MR) is 86.1 cm³/mol. The van der Waals surface area contributed by atoms with Gasteiger partial charge in [0.05, 0.1) is 5.54 Å². The lowest BCUT2D eigenvalue weighted by Crippen LogP contribution is -2.48. The number of benzene rings is 2. The number of carbonyl (C=O) groups excluding carboxylic acids is 1.